The first-order valence-electron chi connectivity index (χ1n) is 6.96. The average Bonchev–Trinajstić information content (AvgIpc) is 2.43. The molecule has 1 N–H and O–H groups in total. The summed E-state index contributed by atoms with van der Waals surface area (Å²) in [6, 6.07) is 0. The summed E-state index contributed by atoms with van der Waals surface area (Å²) in [6.07, 6.45) is 5.43. The van der Waals surface area contributed by atoms with E-state index in [1.54, 1.807) is 0 Å². The topological polar surface area (TPSA) is 63.1 Å². The lowest BCUT2D eigenvalue weighted by molar-refractivity contribution is -0.152. The Bertz CT molecular complexity index is 532. The summed E-state index contributed by atoms with van der Waals surface area (Å²) >= 11 is 5.71. The molecule has 0 amide bonds. The molecule has 4 rings (SSSR count). The lowest BCUT2D eigenvalue weighted by Gasteiger charge is -2.46. The van der Waals surface area contributed by atoms with E-state index < -0.39 is 11.8 Å². The minimum absolute atomic E-state index is 0.00856. The number of carboxylic acids is 1. The van der Waals surface area contributed by atoms with Crippen molar-refractivity contribution in [2.24, 2.45) is 23.7 Å². The Hall–Kier alpha value is -1.23. The zero-order valence-corrected chi connectivity index (χ0v) is 11.7. The summed E-state index contributed by atoms with van der Waals surface area (Å²) in [6.45, 7) is 0. The van der Waals surface area contributed by atoms with E-state index in [9.17, 15) is 14.3 Å². The van der Waals surface area contributed by atoms with Crippen LogP contribution in [0.1, 0.15) is 31.4 Å². The molecule has 3 fully saturated rings. The van der Waals surface area contributed by atoms with Crippen LogP contribution in [0.15, 0.2) is 6.20 Å². The first-order valence-corrected chi connectivity index (χ1v) is 7.33. The maximum atomic E-state index is 13.8. The highest BCUT2D eigenvalue weighted by atomic mass is 35.5. The summed E-state index contributed by atoms with van der Waals surface area (Å²) in [5.74, 6) is -1.10. The van der Waals surface area contributed by atoms with Crippen molar-refractivity contribution >= 4 is 17.6 Å². The third-order valence-corrected chi connectivity index (χ3v) is 5.07. The van der Waals surface area contributed by atoms with Gasteiger partial charge in [-0.1, -0.05) is 0 Å². The average molecular weight is 299 g/mol. The van der Waals surface area contributed by atoms with Crippen molar-refractivity contribution in [2.75, 3.05) is 0 Å². The highest BCUT2D eigenvalue weighted by Gasteiger charge is 2.47. The number of aromatic nitrogens is 2. The molecule has 1 heterocycles. The van der Waals surface area contributed by atoms with Crippen LogP contribution in [0.5, 0.6) is 0 Å². The van der Waals surface area contributed by atoms with Gasteiger partial charge in [0.1, 0.15) is 0 Å². The molecular formula is C14H16ClFN2O2. The van der Waals surface area contributed by atoms with E-state index in [1.165, 1.54) is 0 Å². The number of rotatable bonds is 3. The van der Waals surface area contributed by atoms with Gasteiger partial charge < -0.3 is 5.11 Å². The third-order valence-electron chi connectivity index (χ3n) is 4.89. The second-order valence-corrected chi connectivity index (χ2v) is 6.18. The van der Waals surface area contributed by atoms with Crippen LogP contribution in [0.2, 0.25) is 5.28 Å². The fourth-order valence-electron chi connectivity index (χ4n) is 4.00. The fourth-order valence-corrected chi connectivity index (χ4v) is 4.15. The van der Waals surface area contributed by atoms with Gasteiger partial charge in [-0.05, 0) is 61.5 Å². The van der Waals surface area contributed by atoms with E-state index in [4.69, 9.17) is 11.6 Å². The van der Waals surface area contributed by atoms with Crippen LogP contribution in [0.25, 0.3) is 0 Å². The Morgan fingerprint density at radius 1 is 1.35 bits per heavy atom. The molecule has 0 saturated heterocycles. The van der Waals surface area contributed by atoms with E-state index in [2.05, 4.69) is 9.97 Å². The Morgan fingerprint density at radius 3 is 2.65 bits per heavy atom. The van der Waals surface area contributed by atoms with Gasteiger partial charge in [0.2, 0.25) is 5.28 Å². The van der Waals surface area contributed by atoms with Crippen molar-refractivity contribution in [1.29, 1.82) is 0 Å². The number of halogens is 2. The Kier molecular flexibility index (Phi) is 3.63. The molecule has 108 valence electrons. The van der Waals surface area contributed by atoms with Gasteiger partial charge in [0, 0.05) is 0 Å². The molecule has 0 radical (unpaired) electrons. The molecule has 3 aliphatic rings. The molecule has 2 atom stereocenters. The maximum Gasteiger partial charge on any atom is 0.307 e. The largest absolute Gasteiger partial charge is 0.481 e. The summed E-state index contributed by atoms with van der Waals surface area (Å²) in [4.78, 5) is 19.1. The van der Waals surface area contributed by atoms with Gasteiger partial charge in [-0.25, -0.2) is 14.4 Å². The van der Waals surface area contributed by atoms with Gasteiger partial charge in [0.05, 0.1) is 17.8 Å². The van der Waals surface area contributed by atoms with Gasteiger partial charge in [-0.2, -0.15) is 0 Å². The summed E-state index contributed by atoms with van der Waals surface area (Å²) in [5.41, 5.74) is 0.244. The number of carbonyl (C=O) groups is 1. The predicted octanol–water partition coefficient (Wildman–Crippen LogP) is 2.95. The number of carboxylic acid groups (broad SMARTS) is 1. The second-order valence-electron chi connectivity index (χ2n) is 5.84. The second kappa shape index (κ2) is 5.28. The van der Waals surface area contributed by atoms with E-state index in [0.29, 0.717) is 12.3 Å². The molecule has 0 unspecified atom stereocenters. The zero-order chi connectivity index (χ0) is 14.3. The van der Waals surface area contributed by atoms with Gasteiger partial charge in [-0.15, -0.1) is 0 Å². The molecule has 0 aromatic carbocycles. The minimum Gasteiger partial charge on any atom is -0.481 e. The van der Waals surface area contributed by atoms with E-state index in [-0.39, 0.29) is 28.7 Å². The Labute approximate surface area is 121 Å². The summed E-state index contributed by atoms with van der Waals surface area (Å²) < 4.78 is 13.8. The number of fused-ring (bicyclic) bond motifs is 3. The standard InChI is InChI=1S/C14H16ClFN2O2/c15-14-17-6-10(16)11(18-14)5-9-7-1-3-8(4-2-7)12(9)13(19)20/h6-9,12H,1-5H2,(H,19,20)/t7?,8?,9-,12-/m0/s1. The van der Waals surface area contributed by atoms with E-state index >= 15 is 0 Å². The first-order chi connectivity index (χ1) is 9.56. The van der Waals surface area contributed by atoms with Gasteiger partial charge in [0.15, 0.2) is 5.82 Å². The number of aliphatic carboxylic acids is 1. The first kappa shape index (κ1) is 13.7. The highest BCUT2D eigenvalue weighted by Crippen LogP contribution is 2.50. The molecule has 2 bridgehead atoms. The van der Waals surface area contributed by atoms with Crippen molar-refractivity contribution in [3.05, 3.63) is 23.0 Å². The van der Waals surface area contributed by atoms with Crippen molar-refractivity contribution < 1.29 is 14.3 Å². The zero-order valence-electron chi connectivity index (χ0n) is 10.9. The molecule has 0 spiro atoms. The van der Waals surface area contributed by atoms with Crippen LogP contribution in [-0.2, 0) is 11.2 Å². The third kappa shape index (κ3) is 2.39. The summed E-state index contributed by atoms with van der Waals surface area (Å²) in [7, 11) is 0. The molecule has 0 aliphatic heterocycles. The van der Waals surface area contributed by atoms with E-state index in [1.807, 2.05) is 0 Å². The van der Waals surface area contributed by atoms with Crippen LogP contribution >= 0.6 is 11.6 Å². The van der Waals surface area contributed by atoms with Gasteiger partial charge >= 0.3 is 5.97 Å². The molecule has 6 heteroatoms. The van der Waals surface area contributed by atoms with Crippen molar-refractivity contribution in [3.63, 3.8) is 0 Å². The fraction of sp³-hybridized carbons (Fsp3) is 0.643. The molecule has 1 aromatic rings. The number of nitrogens with zero attached hydrogens (tertiary/aromatic N) is 2. The van der Waals surface area contributed by atoms with Crippen molar-refractivity contribution in [1.82, 2.24) is 9.97 Å². The van der Waals surface area contributed by atoms with E-state index in [0.717, 1.165) is 31.9 Å². The molecule has 4 nitrogen and oxygen atoms in total. The SMILES string of the molecule is O=C(O)[C@H]1C2CCC(CC2)[C@@H]1Cc1nc(Cl)ncc1F. The van der Waals surface area contributed by atoms with Crippen molar-refractivity contribution in [2.45, 2.75) is 32.1 Å². The van der Waals surface area contributed by atoms with Crippen LogP contribution in [0.3, 0.4) is 0 Å². The lowest BCUT2D eigenvalue weighted by Crippen LogP contribution is -2.45. The highest BCUT2D eigenvalue weighted by molar-refractivity contribution is 6.28. The smallest absolute Gasteiger partial charge is 0.307 e. The van der Waals surface area contributed by atoms with Gasteiger partial charge in [-0.3, -0.25) is 4.79 Å². The van der Waals surface area contributed by atoms with Crippen LogP contribution in [0, 0.1) is 29.5 Å². The Balaban J connectivity index is 1.87. The molecular weight excluding hydrogens is 283 g/mol. The quantitative estimate of drug-likeness (QED) is 0.872. The normalized spacial score (nSPS) is 32.3. The molecule has 3 aliphatic carbocycles. The maximum absolute atomic E-state index is 13.8. The van der Waals surface area contributed by atoms with Crippen molar-refractivity contribution in [3.8, 4) is 0 Å². The van der Waals surface area contributed by atoms with Crippen LogP contribution in [-0.4, -0.2) is 21.0 Å². The Morgan fingerprint density at radius 2 is 2.00 bits per heavy atom. The number of hydrogen-bond donors (Lipinski definition) is 1. The predicted molar refractivity (Wildman–Crippen MR) is 70.8 cm³/mol. The number of hydrogen-bond acceptors (Lipinski definition) is 3. The molecule has 1 aromatic heterocycles. The molecule has 20 heavy (non-hydrogen) atoms. The van der Waals surface area contributed by atoms with Crippen LogP contribution in [0.4, 0.5) is 4.39 Å². The monoisotopic (exact) mass is 298 g/mol. The van der Waals surface area contributed by atoms with Crippen LogP contribution < -0.4 is 0 Å². The lowest BCUT2D eigenvalue weighted by atomic mass is 9.57. The molecule has 3 saturated carbocycles. The minimum atomic E-state index is -0.759. The van der Waals surface area contributed by atoms with Gasteiger partial charge in [0.25, 0.3) is 0 Å². The summed E-state index contributed by atoms with van der Waals surface area (Å²) in [5, 5.41) is 9.49.